The molecular formula is C14H23NO3. The van der Waals surface area contributed by atoms with E-state index in [2.05, 4.69) is 5.32 Å². The summed E-state index contributed by atoms with van der Waals surface area (Å²) >= 11 is 0. The van der Waals surface area contributed by atoms with E-state index in [1.807, 2.05) is 0 Å². The Bertz CT molecular complexity index is 304. The number of carbonyl (C=O) groups excluding carboxylic acids is 2. The van der Waals surface area contributed by atoms with Crippen LogP contribution in [0.5, 0.6) is 0 Å². The highest BCUT2D eigenvalue weighted by Crippen LogP contribution is 2.28. The zero-order valence-corrected chi connectivity index (χ0v) is 11.1. The van der Waals surface area contributed by atoms with Crippen molar-refractivity contribution >= 4 is 11.7 Å². The zero-order valence-electron chi connectivity index (χ0n) is 11.1. The number of carbonyl (C=O) groups is 2. The maximum absolute atomic E-state index is 11.9. The van der Waals surface area contributed by atoms with E-state index in [1.165, 1.54) is 6.42 Å². The van der Waals surface area contributed by atoms with Crippen molar-refractivity contribution < 1.29 is 14.3 Å². The third kappa shape index (κ3) is 3.31. The van der Waals surface area contributed by atoms with Crippen LogP contribution in [0.4, 0.5) is 0 Å². The van der Waals surface area contributed by atoms with Gasteiger partial charge in [0.25, 0.3) is 5.91 Å². The molecule has 2 rings (SSSR count). The van der Waals surface area contributed by atoms with Gasteiger partial charge in [-0.3, -0.25) is 9.59 Å². The summed E-state index contributed by atoms with van der Waals surface area (Å²) in [5, 5.41) is 2.86. The van der Waals surface area contributed by atoms with Crippen LogP contribution in [-0.2, 0) is 14.3 Å². The lowest BCUT2D eigenvalue weighted by Gasteiger charge is -2.35. The molecule has 0 heterocycles. The van der Waals surface area contributed by atoms with E-state index in [9.17, 15) is 9.59 Å². The van der Waals surface area contributed by atoms with Gasteiger partial charge >= 0.3 is 0 Å². The van der Waals surface area contributed by atoms with Gasteiger partial charge in [-0.05, 0) is 31.6 Å². The summed E-state index contributed by atoms with van der Waals surface area (Å²) in [6.07, 6.45) is 7.04. The van der Waals surface area contributed by atoms with Gasteiger partial charge in [0, 0.05) is 25.7 Å². The van der Waals surface area contributed by atoms with Crippen molar-refractivity contribution in [3.05, 3.63) is 0 Å². The minimum Gasteiger partial charge on any atom is -0.384 e. The number of hydrogen-bond donors (Lipinski definition) is 1. The molecule has 2 fully saturated rings. The predicted molar refractivity (Wildman–Crippen MR) is 68.1 cm³/mol. The number of ether oxygens (including phenoxy) is 1. The molecule has 2 aliphatic rings. The Kier molecular flexibility index (Phi) is 4.75. The van der Waals surface area contributed by atoms with Crippen molar-refractivity contribution in [2.24, 2.45) is 11.8 Å². The van der Waals surface area contributed by atoms with E-state index in [4.69, 9.17) is 4.74 Å². The molecule has 1 amide bonds. The lowest BCUT2D eigenvalue weighted by molar-refractivity contribution is -0.141. The summed E-state index contributed by atoms with van der Waals surface area (Å²) in [7, 11) is 1.69. The molecule has 0 aromatic carbocycles. The van der Waals surface area contributed by atoms with Crippen LogP contribution in [0.3, 0.4) is 0 Å². The first-order valence-electron chi connectivity index (χ1n) is 7.04. The molecule has 0 unspecified atom stereocenters. The van der Waals surface area contributed by atoms with E-state index < -0.39 is 0 Å². The van der Waals surface area contributed by atoms with E-state index in [0.717, 1.165) is 45.1 Å². The summed E-state index contributed by atoms with van der Waals surface area (Å²) < 4.78 is 5.06. The molecule has 0 spiro atoms. The van der Waals surface area contributed by atoms with Gasteiger partial charge in [0.1, 0.15) is 0 Å². The Hall–Kier alpha value is -0.900. The number of ketones is 1. The Morgan fingerprint density at radius 2 is 1.83 bits per heavy atom. The summed E-state index contributed by atoms with van der Waals surface area (Å²) in [4.78, 5) is 23.8. The fourth-order valence-corrected chi connectivity index (χ4v) is 3.03. The zero-order chi connectivity index (χ0) is 13.0. The first kappa shape index (κ1) is 13.5. The molecule has 0 aromatic rings. The first-order chi connectivity index (χ1) is 8.70. The molecule has 2 saturated carbocycles. The van der Waals surface area contributed by atoms with Crippen molar-refractivity contribution in [1.82, 2.24) is 5.32 Å². The monoisotopic (exact) mass is 253 g/mol. The highest BCUT2D eigenvalue weighted by molar-refractivity contribution is 6.37. The van der Waals surface area contributed by atoms with Gasteiger partial charge in [-0.1, -0.05) is 19.3 Å². The van der Waals surface area contributed by atoms with Crippen LogP contribution in [0, 0.1) is 11.8 Å². The van der Waals surface area contributed by atoms with Gasteiger partial charge in [-0.15, -0.1) is 0 Å². The second-order valence-electron chi connectivity index (χ2n) is 5.66. The quantitative estimate of drug-likeness (QED) is 0.758. The maximum atomic E-state index is 11.9. The molecule has 4 nitrogen and oxygen atoms in total. The minimum absolute atomic E-state index is 0.0198. The molecule has 0 bridgehead atoms. The molecule has 102 valence electrons. The molecule has 18 heavy (non-hydrogen) atoms. The molecule has 0 aromatic heterocycles. The normalized spacial score (nSPS) is 28.5. The average Bonchev–Trinajstić information content (AvgIpc) is 2.36. The molecule has 1 N–H and O–H groups in total. The van der Waals surface area contributed by atoms with Gasteiger partial charge in [-0.25, -0.2) is 0 Å². The Morgan fingerprint density at radius 1 is 1.17 bits per heavy atom. The standard InChI is InChI=1S/C14H23NO3/c1-18-9-10-7-12(8-10)15-14(17)13(16)11-5-3-2-4-6-11/h10-12H,2-9H2,1H3,(H,15,17). The van der Waals surface area contributed by atoms with Crippen LogP contribution in [0.2, 0.25) is 0 Å². The maximum Gasteiger partial charge on any atom is 0.287 e. The van der Waals surface area contributed by atoms with Gasteiger partial charge in [0.2, 0.25) is 5.78 Å². The second kappa shape index (κ2) is 6.32. The van der Waals surface area contributed by atoms with Crippen molar-refractivity contribution in [2.75, 3.05) is 13.7 Å². The SMILES string of the molecule is COCC1CC(NC(=O)C(=O)C2CCCCC2)C1. The van der Waals surface area contributed by atoms with E-state index in [-0.39, 0.29) is 23.7 Å². The molecule has 0 radical (unpaired) electrons. The fourth-order valence-electron chi connectivity index (χ4n) is 3.03. The third-order valence-electron chi connectivity index (χ3n) is 4.17. The highest BCUT2D eigenvalue weighted by Gasteiger charge is 2.33. The molecular weight excluding hydrogens is 230 g/mol. The lowest BCUT2D eigenvalue weighted by atomic mass is 9.80. The average molecular weight is 253 g/mol. The van der Waals surface area contributed by atoms with Crippen LogP contribution in [0.1, 0.15) is 44.9 Å². The molecule has 0 saturated heterocycles. The topological polar surface area (TPSA) is 55.4 Å². The number of amides is 1. The van der Waals surface area contributed by atoms with Crippen LogP contribution >= 0.6 is 0 Å². The Morgan fingerprint density at radius 3 is 2.44 bits per heavy atom. The Balaban J connectivity index is 1.70. The highest BCUT2D eigenvalue weighted by atomic mass is 16.5. The molecule has 4 heteroatoms. The number of hydrogen-bond acceptors (Lipinski definition) is 3. The number of methoxy groups -OCH3 is 1. The van der Waals surface area contributed by atoms with Crippen LogP contribution in [-0.4, -0.2) is 31.4 Å². The van der Waals surface area contributed by atoms with Gasteiger partial charge in [-0.2, -0.15) is 0 Å². The van der Waals surface area contributed by atoms with Gasteiger partial charge in [0.15, 0.2) is 0 Å². The summed E-state index contributed by atoms with van der Waals surface area (Å²) in [6.45, 7) is 0.753. The number of Topliss-reactive ketones (excluding diaryl/α,β-unsaturated/α-hetero) is 1. The first-order valence-corrected chi connectivity index (χ1v) is 7.04. The number of rotatable bonds is 5. The van der Waals surface area contributed by atoms with E-state index in [1.54, 1.807) is 7.11 Å². The Labute approximate surface area is 108 Å². The summed E-state index contributed by atoms with van der Waals surface area (Å²) in [5.41, 5.74) is 0. The number of nitrogens with one attached hydrogen (secondary N) is 1. The fraction of sp³-hybridized carbons (Fsp3) is 0.857. The molecule has 0 aliphatic heterocycles. The predicted octanol–water partition coefficient (Wildman–Crippen LogP) is 1.68. The lowest BCUT2D eigenvalue weighted by Crippen LogP contribution is -2.49. The van der Waals surface area contributed by atoms with Crippen molar-refractivity contribution in [3.8, 4) is 0 Å². The van der Waals surface area contributed by atoms with Crippen LogP contribution < -0.4 is 5.32 Å². The van der Waals surface area contributed by atoms with Gasteiger partial charge in [0.05, 0.1) is 0 Å². The molecule has 2 aliphatic carbocycles. The van der Waals surface area contributed by atoms with Crippen molar-refractivity contribution in [2.45, 2.75) is 51.0 Å². The van der Waals surface area contributed by atoms with E-state index >= 15 is 0 Å². The third-order valence-corrected chi connectivity index (χ3v) is 4.17. The van der Waals surface area contributed by atoms with Gasteiger partial charge < -0.3 is 10.1 Å². The second-order valence-corrected chi connectivity index (χ2v) is 5.66. The van der Waals surface area contributed by atoms with Crippen LogP contribution in [0.15, 0.2) is 0 Å². The van der Waals surface area contributed by atoms with Crippen molar-refractivity contribution in [3.63, 3.8) is 0 Å². The molecule has 0 atom stereocenters. The minimum atomic E-state index is -0.359. The largest absolute Gasteiger partial charge is 0.384 e. The smallest absolute Gasteiger partial charge is 0.287 e. The summed E-state index contributed by atoms with van der Waals surface area (Å²) in [6, 6.07) is 0.185. The summed E-state index contributed by atoms with van der Waals surface area (Å²) in [5.74, 6) is -0.0219. The van der Waals surface area contributed by atoms with E-state index in [0.29, 0.717) is 5.92 Å². The van der Waals surface area contributed by atoms with Crippen molar-refractivity contribution in [1.29, 1.82) is 0 Å². The van der Waals surface area contributed by atoms with Crippen LogP contribution in [0.25, 0.3) is 0 Å².